The maximum atomic E-state index is 15.3. The van der Waals surface area contributed by atoms with Gasteiger partial charge in [-0.25, -0.2) is 0 Å². The van der Waals surface area contributed by atoms with E-state index in [1.54, 1.807) is 7.11 Å². The van der Waals surface area contributed by atoms with E-state index in [1.807, 2.05) is 48.5 Å². The van der Waals surface area contributed by atoms with E-state index in [1.165, 1.54) is 22.3 Å². The minimum atomic E-state index is -2.87. The van der Waals surface area contributed by atoms with Crippen LogP contribution in [0.5, 0.6) is 5.75 Å². The number of ether oxygens (including phenoxy) is 1. The number of methoxy groups -OCH3 is 1. The van der Waals surface area contributed by atoms with Gasteiger partial charge in [-0.2, -0.15) is 0 Å². The summed E-state index contributed by atoms with van der Waals surface area (Å²) >= 11 is -0.731. The molecule has 0 bridgehead atoms. The molecule has 0 unspecified atom stereocenters. The molecule has 4 aromatic rings. The Kier molecular flexibility index (Phi) is 7.31. The Bertz CT molecular complexity index is 1300. The molecule has 35 heavy (non-hydrogen) atoms. The first-order valence-electron chi connectivity index (χ1n) is 11.9. The summed E-state index contributed by atoms with van der Waals surface area (Å²) in [6.07, 6.45) is 0.883. The fourth-order valence-electron chi connectivity index (χ4n) is 4.80. The number of hydrogen-bond donors (Lipinski definition) is 0. The molecule has 5 rings (SSSR count). The van der Waals surface area contributed by atoms with E-state index in [0.29, 0.717) is 0 Å². The van der Waals surface area contributed by atoms with Crippen LogP contribution >= 0.6 is 7.14 Å². The van der Waals surface area contributed by atoms with Gasteiger partial charge >= 0.3 is 219 Å². The second-order valence-electron chi connectivity index (χ2n) is 8.95. The van der Waals surface area contributed by atoms with E-state index in [4.69, 9.17) is 4.74 Å². The van der Waals surface area contributed by atoms with Gasteiger partial charge in [0.25, 0.3) is 0 Å². The number of aryl methyl sites for hydroxylation is 1. The molecular weight excluding hydrogens is 563 g/mol. The van der Waals surface area contributed by atoms with Gasteiger partial charge in [-0.15, -0.1) is 0 Å². The molecule has 0 fully saturated rings. The number of benzene rings is 4. The van der Waals surface area contributed by atoms with Crippen LogP contribution in [0.3, 0.4) is 0 Å². The number of hydrogen-bond acceptors (Lipinski definition) is 2. The third-order valence-corrected chi connectivity index (χ3v) is 16.2. The van der Waals surface area contributed by atoms with E-state index in [9.17, 15) is 0 Å². The van der Waals surface area contributed by atoms with Gasteiger partial charge in [0.05, 0.1) is 0 Å². The van der Waals surface area contributed by atoms with Crippen LogP contribution in [0.15, 0.2) is 113 Å². The third-order valence-electron chi connectivity index (χ3n) is 6.74. The Morgan fingerprint density at radius 2 is 1.34 bits per heavy atom. The zero-order valence-corrected chi connectivity index (χ0v) is 23.2. The van der Waals surface area contributed by atoms with Gasteiger partial charge in [0, 0.05) is 0 Å². The van der Waals surface area contributed by atoms with Crippen molar-refractivity contribution in [1.82, 2.24) is 0 Å². The molecule has 4 aromatic carbocycles. The van der Waals surface area contributed by atoms with Crippen LogP contribution < -0.4 is 15.3 Å². The van der Waals surface area contributed by atoms with Gasteiger partial charge in [-0.1, -0.05) is 0 Å². The van der Waals surface area contributed by atoms with Gasteiger partial charge in [0.1, 0.15) is 0 Å². The zero-order chi connectivity index (χ0) is 24.3. The average molecular weight is 592 g/mol. The van der Waals surface area contributed by atoms with Crippen LogP contribution in [-0.4, -0.2) is 31.7 Å². The van der Waals surface area contributed by atoms with Crippen molar-refractivity contribution in [3.05, 3.63) is 130 Å². The van der Waals surface area contributed by atoms with Crippen molar-refractivity contribution < 1.29 is 9.30 Å². The van der Waals surface area contributed by atoms with Crippen molar-refractivity contribution in [2.75, 3.05) is 7.11 Å². The van der Waals surface area contributed by atoms with Crippen LogP contribution in [-0.2, 0) is 4.57 Å². The minimum absolute atomic E-state index is 0.113. The fourth-order valence-corrected chi connectivity index (χ4v) is 14.6. The SMILES string of the molecule is COc1ccc(C2=C[Te][C@H](P(=O)(c3ccccc3)c3ccccc3)[C@@H](c3ccc(C)cc3)C2)cc1. The van der Waals surface area contributed by atoms with Crippen molar-refractivity contribution in [1.29, 1.82) is 0 Å². The molecule has 0 amide bonds. The molecule has 2 nitrogen and oxygen atoms in total. The average Bonchev–Trinajstić information content (AvgIpc) is 2.94. The van der Waals surface area contributed by atoms with Crippen LogP contribution in [0.25, 0.3) is 5.57 Å². The normalized spacial score (nSPS) is 18.1. The van der Waals surface area contributed by atoms with Gasteiger partial charge in [-0.3, -0.25) is 0 Å². The summed E-state index contributed by atoms with van der Waals surface area (Å²) in [4.78, 5) is 0. The van der Waals surface area contributed by atoms with Crippen LogP contribution in [0, 0.1) is 6.92 Å². The Morgan fingerprint density at radius 3 is 1.89 bits per heavy atom. The Hall–Kier alpha value is -2.56. The molecule has 1 aliphatic rings. The first-order chi connectivity index (χ1) is 17.1. The van der Waals surface area contributed by atoms with Crippen molar-refractivity contribution >= 4 is 44.2 Å². The summed E-state index contributed by atoms with van der Waals surface area (Å²) in [7, 11) is -1.17. The molecule has 176 valence electrons. The molecule has 0 saturated carbocycles. The monoisotopic (exact) mass is 594 g/mol. The van der Waals surface area contributed by atoms with Crippen LogP contribution in [0.1, 0.15) is 29.0 Å². The Labute approximate surface area is 218 Å². The molecule has 1 heterocycles. The predicted octanol–water partition coefficient (Wildman–Crippen LogP) is 6.58. The number of allylic oxidation sites excluding steroid dienone is 1. The van der Waals surface area contributed by atoms with Crippen LogP contribution in [0.4, 0.5) is 0 Å². The molecule has 0 N–H and O–H groups in total. The predicted molar refractivity (Wildman–Crippen MR) is 149 cm³/mol. The van der Waals surface area contributed by atoms with Crippen molar-refractivity contribution in [3.63, 3.8) is 0 Å². The molecule has 4 heteroatoms. The topological polar surface area (TPSA) is 26.3 Å². The fraction of sp³-hybridized carbons (Fsp3) is 0.161. The standard InChI is InChI=1S/C31H29O2PTe/c1-23-13-15-25(16-14-23)30-21-26(24-17-19-27(33-2)20-18-24)22-35-31(30)34(32,28-9-5-3-6-10-28)29-11-7-4-8-12-29/h3-20,22,30-31H,21H2,1-2H3/t30-,31+/m1/s1. The molecule has 0 aromatic heterocycles. The summed E-state index contributed by atoms with van der Waals surface area (Å²) in [5.74, 6) is 1.07. The molecular formula is C31H29O2PTe. The summed E-state index contributed by atoms with van der Waals surface area (Å²) in [6, 6.07) is 37.6. The summed E-state index contributed by atoms with van der Waals surface area (Å²) in [6.45, 7) is 2.12. The van der Waals surface area contributed by atoms with Crippen molar-refractivity contribution in [2.45, 2.75) is 23.0 Å². The molecule has 2 atom stereocenters. The molecule has 0 spiro atoms. The van der Waals surface area contributed by atoms with Gasteiger partial charge < -0.3 is 0 Å². The quantitative estimate of drug-likeness (QED) is 0.187. The Morgan fingerprint density at radius 1 is 0.771 bits per heavy atom. The van der Waals surface area contributed by atoms with Crippen molar-refractivity contribution in [3.8, 4) is 5.75 Å². The second-order valence-corrected chi connectivity index (χ2v) is 15.8. The van der Waals surface area contributed by atoms with E-state index in [-0.39, 0.29) is 9.62 Å². The molecule has 1 aliphatic heterocycles. The summed E-state index contributed by atoms with van der Waals surface area (Å²) < 4.78 is 23.3. The molecule has 0 aliphatic carbocycles. The molecule has 0 saturated heterocycles. The van der Waals surface area contributed by atoms with E-state index < -0.39 is 28.1 Å². The number of rotatable bonds is 6. The van der Waals surface area contributed by atoms with E-state index in [0.717, 1.165) is 22.8 Å². The zero-order valence-electron chi connectivity index (χ0n) is 20.0. The first-order valence-corrected chi connectivity index (χ1v) is 16.3. The van der Waals surface area contributed by atoms with E-state index >= 15 is 4.57 Å². The summed E-state index contributed by atoms with van der Waals surface area (Å²) in [5.41, 5.74) is 5.14. The van der Waals surface area contributed by atoms with Crippen LogP contribution in [0.2, 0.25) is 0 Å². The maximum absolute atomic E-state index is 15.3. The van der Waals surface area contributed by atoms with E-state index in [2.05, 4.69) is 71.7 Å². The van der Waals surface area contributed by atoms with Gasteiger partial charge in [-0.05, 0) is 0 Å². The van der Waals surface area contributed by atoms with Gasteiger partial charge in [0.15, 0.2) is 0 Å². The van der Waals surface area contributed by atoms with Crippen molar-refractivity contribution in [2.24, 2.45) is 0 Å². The first kappa shape index (κ1) is 24.1. The summed E-state index contributed by atoms with van der Waals surface area (Å²) in [5, 5.41) is 1.94. The third kappa shape index (κ3) is 4.92. The van der Waals surface area contributed by atoms with Gasteiger partial charge in [0.2, 0.25) is 0 Å². The second kappa shape index (κ2) is 10.6. The molecule has 0 radical (unpaired) electrons. The Balaban J connectivity index is 1.64.